The van der Waals surface area contributed by atoms with Crippen LogP contribution in [0, 0.1) is 0 Å². The van der Waals surface area contributed by atoms with Crippen molar-refractivity contribution in [2.45, 2.75) is 31.4 Å². The monoisotopic (exact) mass is 473 g/mol. The number of carbonyl (C=O) groups excluding carboxylic acids is 2. The largest absolute Gasteiger partial charge is 0.491 e. The van der Waals surface area contributed by atoms with Gasteiger partial charge in [0.25, 0.3) is 5.91 Å². The van der Waals surface area contributed by atoms with Crippen LogP contribution in [0.3, 0.4) is 0 Å². The van der Waals surface area contributed by atoms with Crippen LogP contribution in [0.25, 0.3) is 0 Å². The van der Waals surface area contributed by atoms with Crippen LogP contribution in [-0.2, 0) is 24.1 Å². The van der Waals surface area contributed by atoms with E-state index in [1.165, 1.54) is 4.90 Å². The second kappa shape index (κ2) is 10.4. The third-order valence-corrected chi connectivity index (χ3v) is 7.50. The van der Waals surface area contributed by atoms with Gasteiger partial charge in [-0.3, -0.25) is 4.79 Å². The zero-order chi connectivity index (χ0) is 23.3. The molecule has 2 aliphatic rings. The fraction of sp³-hybridized carbons (Fsp3) is 0.417. The molecule has 0 spiro atoms. The molecule has 0 saturated carbocycles. The van der Waals surface area contributed by atoms with Gasteiger partial charge in [-0.25, -0.2) is 13.2 Å². The van der Waals surface area contributed by atoms with Gasteiger partial charge in [0.1, 0.15) is 12.4 Å². The molecule has 0 aliphatic carbocycles. The summed E-state index contributed by atoms with van der Waals surface area (Å²) in [4.78, 5) is 26.9. The van der Waals surface area contributed by atoms with Crippen LogP contribution in [0.5, 0.6) is 5.75 Å². The van der Waals surface area contributed by atoms with E-state index >= 15 is 0 Å². The Morgan fingerprint density at radius 3 is 2.42 bits per heavy atom. The van der Waals surface area contributed by atoms with E-state index in [2.05, 4.69) is 0 Å². The van der Waals surface area contributed by atoms with Crippen molar-refractivity contribution in [1.82, 2.24) is 0 Å². The van der Waals surface area contributed by atoms with Crippen molar-refractivity contribution in [3.05, 3.63) is 60.2 Å². The molecule has 33 heavy (non-hydrogen) atoms. The van der Waals surface area contributed by atoms with Crippen LogP contribution in [0.4, 0.5) is 5.69 Å². The molecule has 2 aromatic rings. The third kappa shape index (κ3) is 6.11. The Hall–Kier alpha value is -2.91. The Bertz CT molecular complexity index is 1060. The summed E-state index contributed by atoms with van der Waals surface area (Å²) >= 11 is 0. The molecule has 1 amide bonds. The van der Waals surface area contributed by atoms with Gasteiger partial charge in [0.2, 0.25) is 0 Å². The second-order valence-corrected chi connectivity index (χ2v) is 10.4. The number of anilines is 1. The van der Waals surface area contributed by atoms with Crippen LogP contribution in [0.2, 0.25) is 0 Å². The number of hydrogen-bond donors (Lipinski definition) is 0. The molecule has 0 bridgehead atoms. The van der Waals surface area contributed by atoms with Gasteiger partial charge in [0, 0.05) is 12.3 Å². The Kier molecular flexibility index (Phi) is 7.29. The minimum Gasteiger partial charge on any atom is -0.491 e. The first-order valence-corrected chi connectivity index (χ1v) is 12.8. The molecule has 2 fully saturated rings. The zero-order valence-electron chi connectivity index (χ0n) is 18.2. The standard InChI is InChI=1S/C24H27NO7S/c26-23(25(19-5-2-1-3-6-19)20-12-14-33(28,29)17-20)16-32-24(27)18-8-10-21(11-9-18)31-15-22-7-4-13-30-22/h1-3,5-6,8-11,20,22H,4,7,12-17H2. The lowest BCUT2D eigenvalue weighted by atomic mass is 10.2. The molecule has 2 saturated heterocycles. The average molecular weight is 474 g/mol. The van der Waals surface area contributed by atoms with Crippen molar-refractivity contribution in [2.24, 2.45) is 0 Å². The molecule has 8 nitrogen and oxygen atoms in total. The first-order valence-electron chi connectivity index (χ1n) is 11.0. The number of benzene rings is 2. The molecule has 2 atom stereocenters. The number of amides is 1. The molecule has 2 aliphatic heterocycles. The van der Waals surface area contributed by atoms with E-state index in [0.717, 1.165) is 19.4 Å². The lowest BCUT2D eigenvalue weighted by Gasteiger charge is -2.28. The van der Waals surface area contributed by atoms with Gasteiger partial charge in [-0.2, -0.15) is 0 Å². The molecule has 2 unspecified atom stereocenters. The Labute approximate surface area is 193 Å². The van der Waals surface area contributed by atoms with Gasteiger partial charge < -0.3 is 19.1 Å². The van der Waals surface area contributed by atoms with Crippen LogP contribution in [-0.4, -0.2) is 63.8 Å². The van der Waals surface area contributed by atoms with Gasteiger partial charge in [0.15, 0.2) is 16.4 Å². The van der Waals surface area contributed by atoms with Crippen molar-refractivity contribution in [3.63, 3.8) is 0 Å². The number of ether oxygens (including phenoxy) is 3. The lowest BCUT2D eigenvalue weighted by Crippen LogP contribution is -2.43. The summed E-state index contributed by atoms with van der Waals surface area (Å²) in [5.41, 5.74) is 0.871. The van der Waals surface area contributed by atoms with Crippen molar-refractivity contribution in [1.29, 1.82) is 0 Å². The highest BCUT2D eigenvalue weighted by Gasteiger charge is 2.35. The molecule has 0 N–H and O–H groups in total. The molecular weight excluding hydrogens is 446 g/mol. The van der Waals surface area contributed by atoms with E-state index in [4.69, 9.17) is 14.2 Å². The van der Waals surface area contributed by atoms with E-state index in [9.17, 15) is 18.0 Å². The maximum Gasteiger partial charge on any atom is 0.338 e. The predicted octanol–water partition coefficient (Wildman–Crippen LogP) is 2.62. The summed E-state index contributed by atoms with van der Waals surface area (Å²) < 4.78 is 40.4. The molecular formula is C24H27NO7S. The average Bonchev–Trinajstić information content (AvgIpc) is 3.46. The third-order valence-electron chi connectivity index (χ3n) is 5.75. The number of para-hydroxylation sites is 1. The number of hydrogen-bond acceptors (Lipinski definition) is 7. The topological polar surface area (TPSA) is 99.2 Å². The van der Waals surface area contributed by atoms with Crippen LogP contribution in [0.1, 0.15) is 29.6 Å². The Morgan fingerprint density at radius 1 is 1.03 bits per heavy atom. The zero-order valence-corrected chi connectivity index (χ0v) is 19.0. The maximum atomic E-state index is 13.0. The molecule has 2 aromatic carbocycles. The smallest absolute Gasteiger partial charge is 0.338 e. The highest BCUT2D eigenvalue weighted by Crippen LogP contribution is 2.25. The van der Waals surface area contributed by atoms with E-state index in [1.54, 1.807) is 48.5 Å². The fourth-order valence-electron chi connectivity index (χ4n) is 4.06. The number of nitrogens with zero attached hydrogens (tertiary/aromatic N) is 1. The van der Waals surface area contributed by atoms with Gasteiger partial charge in [-0.1, -0.05) is 18.2 Å². The van der Waals surface area contributed by atoms with Gasteiger partial charge in [-0.15, -0.1) is 0 Å². The van der Waals surface area contributed by atoms with Crippen LogP contribution < -0.4 is 9.64 Å². The van der Waals surface area contributed by atoms with Crippen LogP contribution >= 0.6 is 0 Å². The first kappa shape index (κ1) is 23.3. The molecule has 176 valence electrons. The minimum atomic E-state index is -3.19. The second-order valence-electron chi connectivity index (χ2n) is 8.20. The first-order chi connectivity index (χ1) is 15.9. The molecule has 2 heterocycles. The molecule has 0 aromatic heterocycles. The van der Waals surface area contributed by atoms with Crippen molar-refractivity contribution >= 4 is 27.4 Å². The summed E-state index contributed by atoms with van der Waals surface area (Å²) in [5.74, 6) is -0.547. The van der Waals surface area contributed by atoms with Crippen molar-refractivity contribution < 1.29 is 32.2 Å². The number of rotatable bonds is 8. The molecule has 4 rings (SSSR count). The highest BCUT2D eigenvalue weighted by atomic mass is 32.2. The van der Waals surface area contributed by atoms with E-state index in [0.29, 0.717) is 30.0 Å². The Balaban J connectivity index is 1.35. The lowest BCUT2D eigenvalue weighted by molar-refractivity contribution is -0.122. The van der Waals surface area contributed by atoms with Crippen molar-refractivity contribution in [3.8, 4) is 5.75 Å². The number of carbonyl (C=O) groups is 2. The summed E-state index contributed by atoms with van der Waals surface area (Å²) in [5, 5.41) is 0. The summed E-state index contributed by atoms with van der Waals surface area (Å²) in [6.07, 6.45) is 2.47. The summed E-state index contributed by atoms with van der Waals surface area (Å²) in [7, 11) is -3.19. The molecule has 9 heteroatoms. The van der Waals surface area contributed by atoms with E-state index in [1.807, 2.05) is 6.07 Å². The normalized spacial score (nSPS) is 21.5. The minimum absolute atomic E-state index is 0.0371. The van der Waals surface area contributed by atoms with Gasteiger partial charge >= 0.3 is 5.97 Å². The van der Waals surface area contributed by atoms with E-state index < -0.39 is 34.4 Å². The predicted molar refractivity (Wildman–Crippen MR) is 122 cm³/mol. The SMILES string of the molecule is O=C(OCC(=O)N(c1ccccc1)C1CCS(=O)(=O)C1)c1ccc(OCC2CCCO2)cc1. The van der Waals surface area contributed by atoms with Crippen molar-refractivity contribution in [2.75, 3.05) is 36.2 Å². The summed E-state index contributed by atoms with van der Waals surface area (Å²) in [6, 6.07) is 14.9. The van der Waals surface area contributed by atoms with Gasteiger partial charge in [-0.05, 0) is 55.7 Å². The van der Waals surface area contributed by atoms with Gasteiger partial charge in [0.05, 0.1) is 29.2 Å². The number of esters is 1. The van der Waals surface area contributed by atoms with E-state index in [-0.39, 0.29) is 17.6 Å². The molecule has 0 radical (unpaired) electrons. The highest BCUT2D eigenvalue weighted by molar-refractivity contribution is 7.91. The van der Waals surface area contributed by atoms with Crippen LogP contribution in [0.15, 0.2) is 54.6 Å². The number of sulfone groups is 1. The fourth-order valence-corrected chi connectivity index (χ4v) is 5.76. The quantitative estimate of drug-likeness (QED) is 0.544. The maximum absolute atomic E-state index is 13.0. The Morgan fingerprint density at radius 2 is 1.79 bits per heavy atom. The summed E-state index contributed by atoms with van der Waals surface area (Å²) in [6.45, 7) is 0.738.